The molecule has 0 bridgehead atoms. The lowest BCUT2D eigenvalue weighted by atomic mass is 10.0. The van der Waals surface area contributed by atoms with Gasteiger partial charge >= 0.3 is 0 Å². The van der Waals surface area contributed by atoms with Crippen molar-refractivity contribution in [2.24, 2.45) is 5.92 Å². The predicted molar refractivity (Wildman–Crippen MR) is 59.7 cm³/mol. The SMILES string of the molecule is CCCCN(CCOC)C(=O)C1CNC1. The minimum Gasteiger partial charge on any atom is -0.383 e. The molecule has 0 atom stereocenters. The second-order valence-corrected chi connectivity index (χ2v) is 4.03. The van der Waals surface area contributed by atoms with Crippen LogP contribution in [0.5, 0.6) is 0 Å². The Morgan fingerprint density at radius 2 is 2.20 bits per heavy atom. The van der Waals surface area contributed by atoms with Gasteiger partial charge in [0.25, 0.3) is 0 Å². The van der Waals surface area contributed by atoms with Crippen molar-refractivity contribution in [3.05, 3.63) is 0 Å². The van der Waals surface area contributed by atoms with E-state index in [0.29, 0.717) is 12.5 Å². The first-order chi connectivity index (χ1) is 7.29. The van der Waals surface area contributed by atoms with Crippen LogP contribution in [0.3, 0.4) is 0 Å². The summed E-state index contributed by atoms with van der Waals surface area (Å²) in [4.78, 5) is 13.9. The van der Waals surface area contributed by atoms with Crippen molar-refractivity contribution >= 4 is 5.91 Å². The summed E-state index contributed by atoms with van der Waals surface area (Å²) in [5.41, 5.74) is 0. The van der Waals surface area contributed by atoms with Gasteiger partial charge in [-0.3, -0.25) is 4.79 Å². The summed E-state index contributed by atoms with van der Waals surface area (Å²) < 4.78 is 5.02. The zero-order chi connectivity index (χ0) is 11.1. The van der Waals surface area contributed by atoms with Crippen molar-refractivity contribution in [2.45, 2.75) is 19.8 Å². The van der Waals surface area contributed by atoms with E-state index < -0.39 is 0 Å². The molecule has 0 aliphatic carbocycles. The molecule has 15 heavy (non-hydrogen) atoms. The molecule has 4 heteroatoms. The van der Waals surface area contributed by atoms with Gasteiger partial charge in [-0.2, -0.15) is 0 Å². The Labute approximate surface area is 92.0 Å². The van der Waals surface area contributed by atoms with Crippen LogP contribution < -0.4 is 5.32 Å². The van der Waals surface area contributed by atoms with Gasteiger partial charge in [-0.25, -0.2) is 0 Å². The Morgan fingerprint density at radius 1 is 1.47 bits per heavy atom. The minimum absolute atomic E-state index is 0.207. The number of rotatable bonds is 7. The highest BCUT2D eigenvalue weighted by Crippen LogP contribution is 2.09. The summed E-state index contributed by atoms with van der Waals surface area (Å²) >= 11 is 0. The summed E-state index contributed by atoms with van der Waals surface area (Å²) in [5.74, 6) is 0.498. The normalized spacial score (nSPS) is 16.1. The minimum atomic E-state index is 0.207. The molecule has 1 fully saturated rings. The number of amides is 1. The second-order valence-electron chi connectivity index (χ2n) is 4.03. The highest BCUT2D eigenvalue weighted by atomic mass is 16.5. The molecule has 1 amide bonds. The molecule has 1 saturated heterocycles. The Bertz CT molecular complexity index is 185. The van der Waals surface area contributed by atoms with E-state index in [2.05, 4.69) is 12.2 Å². The number of carbonyl (C=O) groups excluding carboxylic acids is 1. The van der Waals surface area contributed by atoms with Gasteiger partial charge in [-0.05, 0) is 6.42 Å². The second kappa shape index (κ2) is 6.80. The molecule has 1 aliphatic rings. The molecule has 1 heterocycles. The van der Waals surface area contributed by atoms with Crippen molar-refractivity contribution in [1.82, 2.24) is 10.2 Å². The average molecular weight is 214 g/mol. The Morgan fingerprint density at radius 3 is 2.67 bits per heavy atom. The molecule has 1 rings (SSSR count). The molecule has 0 unspecified atom stereocenters. The molecule has 1 N–H and O–H groups in total. The van der Waals surface area contributed by atoms with E-state index in [-0.39, 0.29) is 5.92 Å². The van der Waals surface area contributed by atoms with Crippen molar-refractivity contribution in [1.29, 1.82) is 0 Å². The van der Waals surface area contributed by atoms with Crippen LogP contribution in [0.1, 0.15) is 19.8 Å². The van der Waals surface area contributed by atoms with E-state index in [1.165, 1.54) is 0 Å². The highest BCUT2D eigenvalue weighted by molar-refractivity contribution is 5.80. The summed E-state index contributed by atoms with van der Waals surface area (Å²) in [6, 6.07) is 0. The zero-order valence-corrected chi connectivity index (χ0v) is 9.79. The number of methoxy groups -OCH3 is 1. The lowest BCUT2D eigenvalue weighted by Gasteiger charge is -2.32. The smallest absolute Gasteiger partial charge is 0.228 e. The summed E-state index contributed by atoms with van der Waals surface area (Å²) in [5, 5.41) is 3.13. The van der Waals surface area contributed by atoms with Gasteiger partial charge in [-0.15, -0.1) is 0 Å². The van der Waals surface area contributed by atoms with Gasteiger partial charge in [0.15, 0.2) is 0 Å². The van der Waals surface area contributed by atoms with Gasteiger partial charge in [0.1, 0.15) is 0 Å². The van der Waals surface area contributed by atoms with Crippen LogP contribution in [-0.2, 0) is 9.53 Å². The van der Waals surface area contributed by atoms with Gasteiger partial charge in [-0.1, -0.05) is 13.3 Å². The van der Waals surface area contributed by atoms with Gasteiger partial charge in [0.05, 0.1) is 12.5 Å². The zero-order valence-electron chi connectivity index (χ0n) is 9.79. The number of ether oxygens (including phenoxy) is 1. The predicted octanol–water partition coefficient (Wildman–Crippen LogP) is 0.481. The monoisotopic (exact) mass is 214 g/mol. The Hall–Kier alpha value is -0.610. The summed E-state index contributed by atoms with van der Waals surface area (Å²) in [6.45, 7) is 6.06. The number of hydrogen-bond acceptors (Lipinski definition) is 3. The van der Waals surface area contributed by atoms with Gasteiger partial charge in [0.2, 0.25) is 5.91 Å². The molecule has 4 nitrogen and oxygen atoms in total. The first-order valence-electron chi connectivity index (χ1n) is 5.78. The van der Waals surface area contributed by atoms with Crippen molar-refractivity contribution < 1.29 is 9.53 Å². The third-order valence-corrected chi connectivity index (χ3v) is 2.79. The Kier molecular flexibility index (Phi) is 5.65. The van der Waals surface area contributed by atoms with E-state index in [9.17, 15) is 4.79 Å². The fraction of sp³-hybridized carbons (Fsp3) is 0.909. The van der Waals surface area contributed by atoms with Crippen LogP contribution >= 0.6 is 0 Å². The molecule has 0 aromatic rings. The first kappa shape index (κ1) is 12.5. The van der Waals surface area contributed by atoms with E-state index in [0.717, 1.165) is 39.0 Å². The molecular weight excluding hydrogens is 192 g/mol. The van der Waals surface area contributed by atoms with Crippen molar-refractivity contribution in [3.63, 3.8) is 0 Å². The standard InChI is InChI=1S/C11H22N2O2/c1-3-4-5-13(6-7-15-2)11(14)10-8-12-9-10/h10,12H,3-9H2,1-2H3. The number of hydrogen-bond donors (Lipinski definition) is 1. The van der Waals surface area contributed by atoms with Gasteiger partial charge in [0, 0.05) is 33.3 Å². The fourth-order valence-electron chi connectivity index (χ4n) is 1.60. The summed E-state index contributed by atoms with van der Waals surface area (Å²) in [6.07, 6.45) is 2.20. The third kappa shape index (κ3) is 3.80. The van der Waals surface area contributed by atoms with Crippen LogP contribution in [0.4, 0.5) is 0 Å². The average Bonchev–Trinajstić information content (AvgIpc) is 2.15. The maximum absolute atomic E-state index is 12.0. The topological polar surface area (TPSA) is 41.6 Å². The highest BCUT2D eigenvalue weighted by Gasteiger charge is 2.28. The number of unbranched alkanes of at least 4 members (excludes halogenated alkanes) is 1. The molecule has 0 radical (unpaired) electrons. The van der Waals surface area contributed by atoms with Crippen molar-refractivity contribution in [2.75, 3.05) is 39.9 Å². The number of carbonyl (C=O) groups is 1. The third-order valence-electron chi connectivity index (χ3n) is 2.79. The van der Waals surface area contributed by atoms with Crippen molar-refractivity contribution in [3.8, 4) is 0 Å². The van der Waals surface area contributed by atoms with Crippen LogP contribution in [0, 0.1) is 5.92 Å². The quantitative estimate of drug-likeness (QED) is 0.670. The summed E-state index contributed by atoms with van der Waals surface area (Å²) in [7, 11) is 1.67. The lowest BCUT2D eigenvalue weighted by molar-refractivity contribution is -0.137. The van der Waals surface area contributed by atoms with Gasteiger partial charge < -0.3 is 15.0 Å². The van der Waals surface area contributed by atoms with E-state index >= 15 is 0 Å². The maximum atomic E-state index is 12.0. The van der Waals surface area contributed by atoms with Crippen LogP contribution in [0.25, 0.3) is 0 Å². The number of nitrogens with one attached hydrogen (secondary N) is 1. The number of nitrogens with zero attached hydrogens (tertiary/aromatic N) is 1. The molecule has 0 aromatic heterocycles. The van der Waals surface area contributed by atoms with Crippen LogP contribution in [0.2, 0.25) is 0 Å². The molecule has 1 aliphatic heterocycles. The molecule has 0 aromatic carbocycles. The largest absolute Gasteiger partial charge is 0.383 e. The Balaban J connectivity index is 2.34. The lowest BCUT2D eigenvalue weighted by Crippen LogP contribution is -2.52. The molecule has 0 saturated carbocycles. The van der Waals surface area contributed by atoms with Crippen LogP contribution in [-0.4, -0.2) is 50.7 Å². The molecule has 88 valence electrons. The van der Waals surface area contributed by atoms with E-state index in [1.54, 1.807) is 7.11 Å². The van der Waals surface area contributed by atoms with E-state index in [4.69, 9.17) is 4.74 Å². The van der Waals surface area contributed by atoms with Crippen LogP contribution in [0.15, 0.2) is 0 Å². The first-order valence-corrected chi connectivity index (χ1v) is 5.78. The molecular formula is C11H22N2O2. The van der Waals surface area contributed by atoms with E-state index in [1.807, 2.05) is 4.90 Å². The maximum Gasteiger partial charge on any atom is 0.228 e. The molecule has 0 spiro atoms. The fourth-order valence-corrected chi connectivity index (χ4v) is 1.60.